The fraction of sp³-hybridized carbons (Fsp3) is 0.905. The summed E-state index contributed by atoms with van der Waals surface area (Å²) < 4.78 is 0. The number of allylic oxidation sites excluding steroid dienone is 2. The molecule has 0 aromatic rings. The normalized spacial score (nSPS) is 59.8. The van der Waals surface area contributed by atoms with E-state index in [4.69, 9.17) is 0 Å². The van der Waals surface area contributed by atoms with Crippen LogP contribution in [-0.2, 0) is 0 Å². The highest BCUT2D eigenvalue weighted by molar-refractivity contribution is 5.48. The molecule has 6 unspecified atom stereocenters. The summed E-state index contributed by atoms with van der Waals surface area (Å²) in [4.78, 5) is 0. The van der Waals surface area contributed by atoms with Crippen LogP contribution in [0.15, 0.2) is 11.6 Å². The smallest absolute Gasteiger partial charge is 0.00346 e. The molecule has 0 aromatic heterocycles. The summed E-state index contributed by atoms with van der Waals surface area (Å²) >= 11 is 0. The Bertz CT molecular complexity index is 550. The second kappa shape index (κ2) is 3.31. The van der Waals surface area contributed by atoms with Crippen LogP contribution >= 0.6 is 0 Å². The van der Waals surface area contributed by atoms with Gasteiger partial charge >= 0.3 is 0 Å². The van der Waals surface area contributed by atoms with Crippen LogP contribution in [0.5, 0.6) is 0 Å². The Hall–Kier alpha value is -0.260. The molecule has 5 saturated carbocycles. The van der Waals surface area contributed by atoms with Crippen LogP contribution in [0.1, 0.15) is 73.1 Å². The van der Waals surface area contributed by atoms with E-state index >= 15 is 0 Å². The standard InChI is InChI=1S/C21H32/c1-18(2)13-6-8-20(18,5)15(10-13)12-17-16-11-14-7-9-21(16,17)19(14,3)4/h12-16H,6-11H2,1-5H3/b17-12-. The van der Waals surface area contributed by atoms with Gasteiger partial charge in [-0.1, -0.05) is 46.3 Å². The summed E-state index contributed by atoms with van der Waals surface area (Å²) in [7, 11) is 0. The van der Waals surface area contributed by atoms with Gasteiger partial charge in [-0.25, -0.2) is 0 Å². The summed E-state index contributed by atoms with van der Waals surface area (Å²) in [6, 6.07) is 0. The van der Waals surface area contributed by atoms with Crippen molar-refractivity contribution in [3.05, 3.63) is 11.6 Å². The maximum absolute atomic E-state index is 2.84. The molecule has 0 radical (unpaired) electrons. The maximum Gasteiger partial charge on any atom is 0.00346 e. The topological polar surface area (TPSA) is 0 Å². The molecule has 1 spiro atoms. The first-order chi connectivity index (χ1) is 9.75. The minimum Gasteiger partial charge on any atom is -0.0807 e. The molecule has 0 aliphatic heterocycles. The first kappa shape index (κ1) is 13.2. The van der Waals surface area contributed by atoms with Gasteiger partial charge in [0.2, 0.25) is 0 Å². The molecule has 0 N–H and O–H groups in total. The fourth-order valence-corrected chi connectivity index (χ4v) is 8.08. The van der Waals surface area contributed by atoms with Crippen LogP contribution in [0.3, 0.4) is 0 Å². The first-order valence-electron chi connectivity index (χ1n) is 9.47. The molecule has 4 bridgehead atoms. The van der Waals surface area contributed by atoms with Crippen LogP contribution < -0.4 is 0 Å². The van der Waals surface area contributed by atoms with Gasteiger partial charge in [0.1, 0.15) is 0 Å². The van der Waals surface area contributed by atoms with Gasteiger partial charge in [-0.3, -0.25) is 0 Å². The van der Waals surface area contributed by atoms with Gasteiger partial charge in [0.15, 0.2) is 0 Å². The number of rotatable bonds is 1. The lowest BCUT2D eigenvalue weighted by Gasteiger charge is -2.38. The van der Waals surface area contributed by atoms with Crippen molar-refractivity contribution < 1.29 is 0 Å². The van der Waals surface area contributed by atoms with Gasteiger partial charge in [0, 0.05) is 5.41 Å². The molecule has 0 heteroatoms. The summed E-state index contributed by atoms with van der Waals surface area (Å²) in [5.41, 5.74) is 4.36. The molecule has 5 aliphatic rings. The Kier molecular flexibility index (Phi) is 2.08. The molecule has 0 saturated heterocycles. The molecule has 5 aliphatic carbocycles. The average molecular weight is 284 g/mol. The highest BCUT2D eigenvalue weighted by Crippen LogP contribution is 2.84. The highest BCUT2D eigenvalue weighted by Gasteiger charge is 2.76. The number of hydrogen-bond donors (Lipinski definition) is 0. The summed E-state index contributed by atoms with van der Waals surface area (Å²) in [5, 5.41) is 0. The van der Waals surface area contributed by atoms with E-state index in [2.05, 4.69) is 40.7 Å². The van der Waals surface area contributed by atoms with E-state index < -0.39 is 0 Å². The van der Waals surface area contributed by atoms with Gasteiger partial charge in [-0.2, -0.15) is 0 Å². The molecule has 0 aromatic carbocycles. The number of hydrogen-bond acceptors (Lipinski definition) is 0. The highest BCUT2D eigenvalue weighted by atomic mass is 14.8. The maximum atomic E-state index is 2.84. The zero-order chi connectivity index (χ0) is 14.8. The molecule has 0 nitrogen and oxygen atoms in total. The molecule has 0 amide bonds. The summed E-state index contributed by atoms with van der Waals surface area (Å²) in [5.74, 6) is 3.91. The van der Waals surface area contributed by atoms with Crippen molar-refractivity contribution in [2.24, 2.45) is 45.3 Å². The van der Waals surface area contributed by atoms with Gasteiger partial charge in [-0.15, -0.1) is 0 Å². The Morgan fingerprint density at radius 3 is 2.00 bits per heavy atom. The molecular formula is C21H32. The van der Waals surface area contributed by atoms with Crippen molar-refractivity contribution in [1.82, 2.24) is 0 Å². The molecule has 5 fully saturated rings. The summed E-state index contributed by atoms with van der Waals surface area (Å²) in [6.45, 7) is 12.9. The third-order valence-electron chi connectivity index (χ3n) is 10.2. The Morgan fingerprint density at radius 2 is 1.52 bits per heavy atom. The third-order valence-corrected chi connectivity index (χ3v) is 10.2. The van der Waals surface area contributed by atoms with E-state index in [9.17, 15) is 0 Å². The largest absolute Gasteiger partial charge is 0.0807 e. The fourth-order valence-electron chi connectivity index (χ4n) is 8.08. The SMILES string of the molecule is CC1(C)C2CCC1(C)C(/C=C1/C3CC4CCC13C4(C)C)C2. The summed E-state index contributed by atoms with van der Waals surface area (Å²) in [6.07, 6.45) is 11.8. The van der Waals surface area contributed by atoms with E-state index in [-0.39, 0.29) is 0 Å². The predicted molar refractivity (Wildman–Crippen MR) is 87.8 cm³/mol. The van der Waals surface area contributed by atoms with E-state index in [0.29, 0.717) is 21.7 Å². The van der Waals surface area contributed by atoms with Gasteiger partial charge in [0.25, 0.3) is 0 Å². The molecule has 5 rings (SSSR count). The van der Waals surface area contributed by atoms with Crippen molar-refractivity contribution in [1.29, 1.82) is 0 Å². The lowest BCUT2D eigenvalue weighted by molar-refractivity contribution is 0.123. The lowest BCUT2D eigenvalue weighted by Crippen LogP contribution is -2.31. The van der Waals surface area contributed by atoms with Crippen molar-refractivity contribution >= 4 is 0 Å². The van der Waals surface area contributed by atoms with Crippen molar-refractivity contribution in [2.75, 3.05) is 0 Å². The van der Waals surface area contributed by atoms with Crippen LogP contribution in [0.4, 0.5) is 0 Å². The molecule has 6 atom stereocenters. The number of fused-ring (bicyclic) bond motifs is 3. The first-order valence-corrected chi connectivity index (χ1v) is 9.47. The molecule has 116 valence electrons. The van der Waals surface area contributed by atoms with Gasteiger partial charge in [0.05, 0.1) is 0 Å². The lowest BCUT2D eigenvalue weighted by atomic mass is 9.66. The van der Waals surface area contributed by atoms with Gasteiger partial charge < -0.3 is 0 Å². The second-order valence-electron chi connectivity index (χ2n) is 10.6. The van der Waals surface area contributed by atoms with Crippen LogP contribution in [0, 0.1) is 45.3 Å². The molecular weight excluding hydrogens is 252 g/mol. The van der Waals surface area contributed by atoms with Gasteiger partial charge in [-0.05, 0) is 78.4 Å². The Morgan fingerprint density at radius 1 is 0.857 bits per heavy atom. The average Bonchev–Trinajstić information content (AvgIpc) is 2.74. The van der Waals surface area contributed by atoms with Crippen LogP contribution in [-0.4, -0.2) is 0 Å². The zero-order valence-electron chi connectivity index (χ0n) is 14.6. The van der Waals surface area contributed by atoms with Crippen molar-refractivity contribution in [3.63, 3.8) is 0 Å². The van der Waals surface area contributed by atoms with E-state index in [1.165, 1.54) is 38.5 Å². The van der Waals surface area contributed by atoms with E-state index in [1.54, 1.807) is 0 Å². The Labute approximate surface area is 130 Å². The Balaban J connectivity index is 1.51. The van der Waals surface area contributed by atoms with Crippen LogP contribution in [0.25, 0.3) is 0 Å². The minimum atomic E-state index is 0.574. The second-order valence-corrected chi connectivity index (χ2v) is 10.6. The zero-order valence-corrected chi connectivity index (χ0v) is 14.6. The predicted octanol–water partition coefficient (Wildman–Crippen LogP) is 5.83. The molecule has 0 heterocycles. The minimum absolute atomic E-state index is 0.574. The third kappa shape index (κ3) is 1.14. The quantitative estimate of drug-likeness (QED) is 0.531. The molecule has 21 heavy (non-hydrogen) atoms. The van der Waals surface area contributed by atoms with E-state index in [0.717, 1.165) is 23.7 Å². The monoisotopic (exact) mass is 284 g/mol. The van der Waals surface area contributed by atoms with Crippen LogP contribution in [0.2, 0.25) is 0 Å². The van der Waals surface area contributed by atoms with Crippen molar-refractivity contribution in [2.45, 2.75) is 73.1 Å². The van der Waals surface area contributed by atoms with E-state index in [1.807, 2.05) is 5.57 Å². The van der Waals surface area contributed by atoms with Crippen molar-refractivity contribution in [3.8, 4) is 0 Å².